The van der Waals surface area contributed by atoms with Gasteiger partial charge in [-0.2, -0.15) is 0 Å². The second-order valence-electron chi connectivity index (χ2n) is 12.5. The number of aliphatic hydroxyl groups excluding tert-OH is 3. The van der Waals surface area contributed by atoms with Crippen molar-refractivity contribution in [3.63, 3.8) is 0 Å². The van der Waals surface area contributed by atoms with Crippen molar-refractivity contribution in [3.05, 3.63) is 12.2 Å². The maximum atomic E-state index is 12.8. The molecule has 0 saturated heterocycles. The van der Waals surface area contributed by atoms with E-state index in [4.69, 9.17) is 14.2 Å². The van der Waals surface area contributed by atoms with Crippen LogP contribution in [0.15, 0.2) is 12.2 Å². The van der Waals surface area contributed by atoms with Crippen LogP contribution in [0.3, 0.4) is 0 Å². The Hall–Kier alpha value is -1.03. The molecule has 0 aromatic heterocycles. The molecule has 0 spiro atoms. The van der Waals surface area contributed by atoms with Gasteiger partial charge >= 0.3 is 0 Å². The summed E-state index contributed by atoms with van der Waals surface area (Å²) in [6.07, 6.45) is 18.1. The van der Waals surface area contributed by atoms with E-state index in [1.165, 1.54) is 57.8 Å². The Labute approximate surface area is 264 Å². The minimum absolute atomic E-state index is 0.0498. The Morgan fingerprint density at radius 2 is 1.28 bits per heavy atom. The van der Waals surface area contributed by atoms with Gasteiger partial charge in [0.15, 0.2) is 0 Å². The van der Waals surface area contributed by atoms with E-state index >= 15 is 0 Å². The molecule has 0 aliphatic rings. The lowest BCUT2D eigenvalue weighted by atomic mass is 9.98. The van der Waals surface area contributed by atoms with Gasteiger partial charge < -0.3 is 34.8 Å². The number of ether oxygens (including phenoxy) is 3. The standard InChI is InChI=1S/C35H69NO7/c1-7-9-11-13-14-15-16-17-18-19-20-21-23-31(38)35(43-29(5)6)30(36-34(40)24-22-12-10-8-2)26-41-27-32(39)33(25-37)42-28(3)4/h12,22,28-33,35,37-39H,7-11,13-21,23-27H2,1-6H3,(H,36,40)/b22-12-/t30-,31-,32-,33-,35-/m0/s1. The summed E-state index contributed by atoms with van der Waals surface area (Å²) >= 11 is 0. The van der Waals surface area contributed by atoms with Crippen LogP contribution in [0.2, 0.25) is 0 Å². The van der Waals surface area contributed by atoms with Gasteiger partial charge in [0.25, 0.3) is 0 Å². The van der Waals surface area contributed by atoms with Crippen molar-refractivity contribution in [2.75, 3.05) is 19.8 Å². The van der Waals surface area contributed by atoms with E-state index in [0.717, 1.165) is 32.1 Å². The predicted octanol–water partition coefficient (Wildman–Crippen LogP) is 6.63. The van der Waals surface area contributed by atoms with E-state index in [1.54, 1.807) is 0 Å². The van der Waals surface area contributed by atoms with Gasteiger partial charge in [-0.15, -0.1) is 0 Å². The Morgan fingerprint density at radius 1 is 0.721 bits per heavy atom. The zero-order valence-electron chi connectivity index (χ0n) is 28.6. The van der Waals surface area contributed by atoms with Gasteiger partial charge in [-0.1, -0.05) is 109 Å². The first-order valence-corrected chi connectivity index (χ1v) is 17.5. The number of nitrogens with one attached hydrogen (secondary N) is 1. The zero-order valence-corrected chi connectivity index (χ0v) is 28.6. The number of allylic oxidation sites excluding steroid dienone is 1. The van der Waals surface area contributed by atoms with Crippen molar-refractivity contribution in [1.29, 1.82) is 0 Å². The third-order valence-corrected chi connectivity index (χ3v) is 7.47. The molecule has 8 heteroatoms. The number of hydrogen-bond donors (Lipinski definition) is 4. The highest BCUT2D eigenvalue weighted by atomic mass is 16.5. The van der Waals surface area contributed by atoms with E-state index < -0.39 is 30.5 Å². The van der Waals surface area contributed by atoms with Crippen LogP contribution >= 0.6 is 0 Å². The van der Waals surface area contributed by atoms with Gasteiger partial charge in [0.2, 0.25) is 5.91 Å². The van der Waals surface area contributed by atoms with Crippen molar-refractivity contribution in [2.45, 2.75) is 187 Å². The molecule has 0 aromatic carbocycles. The Bertz CT molecular complexity index is 658. The first-order chi connectivity index (χ1) is 20.7. The topological polar surface area (TPSA) is 117 Å². The SMILES string of the molecule is CCC/C=C\CC(=O)N[C@@H](COC[C@H](O)[C@H](CO)OC(C)C)[C@H](OC(C)C)[C@@H](O)CCCCCCCCCCCCCC. The number of carbonyl (C=O) groups excluding carboxylic acids is 1. The van der Waals surface area contributed by atoms with Crippen LogP contribution in [0.5, 0.6) is 0 Å². The molecule has 0 aliphatic heterocycles. The van der Waals surface area contributed by atoms with Crippen molar-refractivity contribution in [3.8, 4) is 0 Å². The molecule has 0 aliphatic carbocycles. The molecule has 43 heavy (non-hydrogen) atoms. The highest BCUT2D eigenvalue weighted by Crippen LogP contribution is 2.18. The number of unbranched alkanes of at least 4 members (excludes halogenated alkanes) is 12. The zero-order chi connectivity index (χ0) is 32.3. The number of amides is 1. The number of aliphatic hydroxyl groups is 3. The Kier molecular flexibility index (Phi) is 27.8. The fourth-order valence-electron chi connectivity index (χ4n) is 5.11. The van der Waals surface area contributed by atoms with Crippen molar-refractivity contribution in [2.24, 2.45) is 0 Å². The van der Waals surface area contributed by atoms with E-state index in [-0.39, 0.29) is 44.4 Å². The summed E-state index contributed by atoms with van der Waals surface area (Å²) in [5, 5.41) is 34.4. The summed E-state index contributed by atoms with van der Waals surface area (Å²) in [6, 6.07) is -0.604. The van der Waals surface area contributed by atoms with Crippen LogP contribution in [0.4, 0.5) is 0 Å². The second-order valence-corrected chi connectivity index (χ2v) is 12.5. The molecule has 0 heterocycles. The van der Waals surface area contributed by atoms with Crippen molar-refractivity contribution < 1.29 is 34.3 Å². The molecule has 5 atom stereocenters. The maximum absolute atomic E-state index is 12.8. The normalized spacial score (nSPS) is 15.7. The van der Waals surface area contributed by atoms with Gasteiger partial charge in [0, 0.05) is 6.42 Å². The third-order valence-electron chi connectivity index (χ3n) is 7.47. The fourth-order valence-corrected chi connectivity index (χ4v) is 5.11. The maximum Gasteiger partial charge on any atom is 0.224 e. The Morgan fingerprint density at radius 3 is 1.79 bits per heavy atom. The summed E-state index contributed by atoms with van der Waals surface area (Å²) in [5.41, 5.74) is 0. The molecule has 0 aromatic rings. The molecular weight excluding hydrogens is 546 g/mol. The minimum Gasteiger partial charge on any atom is -0.394 e. The van der Waals surface area contributed by atoms with Gasteiger partial charge in [-0.05, 0) is 40.5 Å². The average Bonchev–Trinajstić information content (AvgIpc) is 2.96. The molecule has 0 bridgehead atoms. The molecule has 0 rings (SSSR count). The molecule has 0 unspecified atom stereocenters. The molecule has 1 amide bonds. The van der Waals surface area contributed by atoms with E-state index in [2.05, 4.69) is 19.2 Å². The van der Waals surface area contributed by atoms with Gasteiger partial charge in [0.05, 0.1) is 44.2 Å². The quantitative estimate of drug-likeness (QED) is 0.0529. The van der Waals surface area contributed by atoms with Crippen LogP contribution < -0.4 is 5.32 Å². The lowest BCUT2D eigenvalue weighted by Gasteiger charge is -2.33. The Balaban J connectivity index is 5.01. The largest absolute Gasteiger partial charge is 0.394 e. The summed E-state index contributed by atoms with van der Waals surface area (Å²) < 4.78 is 17.6. The molecule has 256 valence electrons. The smallest absolute Gasteiger partial charge is 0.224 e. The summed E-state index contributed by atoms with van der Waals surface area (Å²) in [7, 11) is 0. The number of carbonyl (C=O) groups is 1. The van der Waals surface area contributed by atoms with Crippen LogP contribution in [-0.4, -0.2) is 83.7 Å². The van der Waals surface area contributed by atoms with Gasteiger partial charge in [0.1, 0.15) is 18.3 Å². The summed E-state index contributed by atoms with van der Waals surface area (Å²) in [4.78, 5) is 12.8. The lowest BCUT2D eigenvalue weighted by Crippen LogP contribution is -2.53. The van der Waals surface area contributed by atoms with Crippen LogP contribution in [0.25, 0.3) is 0 Å². The molecule has 0 saturated carbocycles. The molecule has 8 nitrogen and oxygen atoms in total. The lowest BCUT2D eigenvalue weighted by molar-refractivity contribution is -0.133. The van der Waals surface area contributed by atoms with E-state index in [9.17, 15) is 20.1 Å². The molecular formula is C35H69NO7. The monoisotopic (exact) mass is 616 g/mol. The number of hydrogen-bond acceptors (Lipinski definition) is 7. The third kappa shape index (κ3) is 23.9. The molecule has 4 N–H and O–H groups in total. The van der Waals surface area contributed by atoms with Crippen molar-refractivity contribution in [1.82, 2.24) is 5.32 Å². The second kappa shape index (κ2) is 28.4. The van der Waals surface area contributed by atoms with Crippen molar-refractivity contribution >= 4 is 5.91 Å². The predicted molar refractivity (Wildman–Crippen MR) is 176 cm³/mol. The van der Waals surface area contributed by atoms with E-state index in [1.807, 2.05) is 39.8 Å². The first-order valence-electron chi connectivity index (χ1n) is 17.5. The van der Waals surface area contributed by atoms with E-state index in [0.29, 0.717) is 6.42 Å². The highest BCUT2D eigenvalue weighted by molar-refractivity contribution is 5.77. The molecule has 0 radical (unpaired) electrons. The van der Waals surface area contributed by atoms with Crippen LogP contribution in [-0.2, 0) is 19.0 Å². The van der Waals surface area contributed by atoms with Gasteiger partial charge in [-0.25, -0.2) is 0 Å². The van der Waals surface area contributed by atoms with Gasteiger partial charge in [-0.3, -0.25) is 4.79 Å². The average molecular weight is 616 g/mol. The molecule has 0 fully saturated rings. The fraction of sp³-hybridized carbons (Fsp3) is 0.914. The highest BCUT2D eigenvalue weighted by Gasteiger charge is 2.32. The summed E-state index contributed by atoms with van der Waals surface area (Å²) in [5.74, 6) is -0.173. The first kappa shape index (κ1) is 42.0. The van der Waals surface area contributed by atoms with Crippen LogP contribution in [0.1, 0.15) is 144 Å². The minimum atomic E-state index is -1.03. The number of rotatable bonds is 30. The summed E-state index contributed by atoms with van der Waals surface area (Å²) in [6.45, 7) is 11.5. The van der Waals surface area contributed by atoms with Crippen LogP contribution in [0, 0.1) is 0 Å².